The van der Waals surface area contributed by atoms with E-state index in [1.807, 2.05) is 41.8 Å². The van der Waals surface area contributed by atoms with Gasteiger partial charge in [-0.25, -0.2) is 4.79 Å². The normalized spacial score (nSPS) is 10.6. The van der Waals surface area contributed by atoms with Crippen LogP contribution in [0.25, 0.3) is 11.1 Å². The van der Waals surface area contributed by atoms with Crippen molar-refractivity contribution in [2.24, 2.45) is 0 Å². The molecule has 0 fully saturated rings. The van der Waals surface area contributed by atoms with E-state index in [2.05, 4.69) is 21.2 Å². The molecule has 0 bridgehead atoms. The van der Waals surface area contributed by atoms with Gasteiger partial charge in [0.15, 0.2) is 0 Å². The van der Waals surface area contributed by atoms with E-state index in [9.17, 15) is 14.7 Å². The molecule has 0 radical (unpaired) electrons. The number of hydrogen-bond acceptors (Lipinski definition) is 4. The second-order valence-corrected chi connectivity index (χ2v) is 8.12. The molecule has 1 aromatic carbocycles. The van der Waals surface area contributed by atoms with Gasteiger partial charge in [0.05, 0.1) is 0 Å². The Balaban J connectivity index is 1.78. The first kappa shape index (κ1) is 17.8. The quantitative estimate of drug-likeness (QED) is 0.536. The number of aromatic carboxylic acids is 1. The van der Waals surface area contributed by atoms with Crippen molar-refractivity contribution in [1.29, 1.82) is 0 Å². The predicted octanol–water partition coefficient (Wildman–Crippen LogP) is 5.51. The fourth-order valence-electron chi connectivity index (χ4n) is 2.38. The maximum Gasteiger partial charge on any atom is 0.339 e. The van der Waals surface area contributed by atoms with E-state index in [1.165, 1.54) is 11.3 Å². The van der Waals surface area contributed by atoms with Gasteiger partial charge in [0.25, 0.3) is 0 Å². The number of carboxylic acids is 1. The van der Waals surface area contributed by atoms with Crippen LogP contribution in [0.15, 0.2) is 51.6 Å². The minimum atomic E-state index is -1.05. The summed E-state index contributed by atoms with van der Waals surface area (Å²) in [5.74, 6) is -1.23. The molecule has 0 aliphatic heterocycles. The average Bonchev–Trinajstić information content (AvgIpc) is 3.23. The third kappa shape index (κ3) is 4.36. The minimum absolute atomic E-state index is 0.136. The van der Waals surface area contributed by atoms with Crippen molar-refractivity contribution >= 4 is 55.5 Å². The third-order valence-electron chi connectivity index (χ3n) is 3.59. The molecule has 0 atom stereocenters. The highest BCUT2D eigenvalue weighted by atomic mass is 79.9. The van der Waals surface area contributed by atoms with Gasteiger partial charge < -0.3 is 10.4 Å². The van der Waals surface area contributed by atoms with Gasteiger partial charge in [0.1, 0.15) is 10.6 Å². The van der Waals surface area contributed by atoms with Gasteiger partial charge in [-0.1, -0.05) is 34.1 Å². The second-order valence-electron chi connectivity index (χ2n) is 5.29. The second kappa shape index (κ2) is 7.95. The van der Waals surface area contributed by atoms with Crippen molar-refractivity contribution in [3.8, 4) is 11.1 Å². The smallest absolute Gasteiger partial charge is 0.339 e. The summed E-state index contributed by atoms with van der Waals surface area (Å²) in [6.07, 6.45) is 0.974. The van der Waals surface area contributed by atoms with Gasteiger partial charge in [0.2, 0.25) is 5.91 Å². The fourth-order valence-corrected chi connectivity index (χ4v) is 4.34. The Morgan fingerprint density at radius 2 is 1.88 bits per heavy atom. The Morgan fingerprint density at radius 1 is 1.12 bits per heavy atom. The average molecular weight is 436 g/mol. The highest BCUT2D eigenvalue weighted by Gasteiger charge is 2.21. The molecule has 128 valence electrons. The van der Waals surface area contributed by atoms with E-state index in [-0.39, 0.29) is 11.5 Å². The number of carbonyl (C=O) groups excluding carboxylic acids is 1. The fraction of sp³-hybridized carbons (Fsp3) is 0.111. The lowest BCUT2D eigenvalue weighted by Crippen LogP contribution is -2.13. The van der Waals surface area contributed by atoms with Gasteiger partial charge in [-0.05, 0) is 35.6 Å². The highest BCUT2D eigenvalue weighted by Crippen LogP contribution is 2.36. The van der Waals surface area contributed by atoms with E-state index in [0.717, 1.165) is 14.9 Å². The summed E-state index contributed by atoms with van der Waals surface area (Å²) in [7, 11) is 0. The molecule has 0 saturated carbocycles. The van der Waals surface area contributed by atoms with Crippen molar-refractivity contribution in [2.75, 3.05) is 5.32 Å². The lowest BCUT2D eigenvalue weighted by atomic mass is 10.0. The summed E-state index contributed by atoms with van der Waals surface area (Å²) in [5.41, 5.74) is 1.55. The van der Waals surface area contributed by atoms with Crippen molar-refractivity contribution in [3.63, 3.8) is 0 Å². The van der Waals surface area contributed by atoms with Crippen LogP contribution in [-0.2, 0) is 11.2 Å². The van der Waals surface area contributed by atoms with E-state index in [0.29, 0.717) is 23.4 Å². The maximum atomic E-state index is 12.2. The number of anilines is 1. The molecule has 3 aromatic rings. The van der Waals surface area contributed by atoms with E-state index >= 15 is 0 Å². The molecular formula is C18H14BrNO3S2. The van der Waals surface area contributed by atoms with Gasteiger partial charge in [0, 0.05) is 26.7 Å². The van der Waals surface area contributed by atoms with Gasteiger partial charge in [-0.15, -0.1) is 22.7 Å². The van der Waals surface area contributed by atoms with Crippen LogP contribution in [0.3, 0.4) is 0 Å². The Morgan fingerprint density at radius 3 is 2.52 bits per heavy atom. The van der Waals surface area contributed by atoms with Crippen LogP contribution >= 0.6 is 38.6 Å². The van der Waals surface area contributed by atoms with Crippen LogP contribution in [0.4, 0.5) is 5.00 Å². The standard InChI is InChI=1S/C18H14BrNO3S2/c19-12-5-3-11(4-6-12)14-10-25-17(16(14)18(22)23)20-15(21)8-7-13-2-1-9-24-13/h1-6,9-10H,7-8H2,(H,20,21)(H,22,23). The Hall–Kier alpha value is -1.96. The van der Waals surface area contributed by atoms with Crippen molar-refractivity contribution in [2.45, 2.75) is 12.8 Å². The molecule has 0 saturated heterocycles. The number of carbonyl (C=O) groups is 2. The molecule has 25 heavy (non-hydrogen) atoms. The van der Waals surface area contributed by atoms with E-state index < -0.39 is 5.97 Å². The SMILES string of the molecule is O=C(CCc1cccs1)Nc1scc(-c2ccc(Br)cc2)c1C(=O)O. The number of amides is 1. The zero-order valence-corrected chi connectivity index (χ0v) is 16.2. The Bertz CT molecular complexity index is 886. The molecular weight excluding hydrogens is 422 g/mol. The Kier molecular flexibility index (Phi) is 5.67. The molecule has 0 unspecified atom stereocenters. The van der Waals surface area contributed by atoms with Crippen molar-refractivity contribution in [1.82, 2.24) is 0 Å². The minimum Gasteiger partial charge on any atom is -0.478 e. The zero-order valence-electron chi connectivity index (χ0n) is 13.0. The van der Waals surface area contributed by atoms with Gasteiger partial charge >= 0.3 is 5.97 Å². The van der Waals surface area contributed by atoms with Crippen LogP contribution < -0.4 is 5.32 Å². The van der Waals surface area contributed by atoms with Crippen LogP contribution in [0, 0.1) is 0 Å². The van der Waals surface area contributed by atoms with Crippen LogP contribution in [0.2, 0.25) is 0 Å². The van der Waals surface area contributed by atoms with Crippen LogP contribution in [0.1, 0.15) is 21.7 Å². The monoisotopic (exact) mass is 435 g/mol. The van der Waals surface area contributed by atoms with E-state index in [4.69, 9.17) is 0 Å². The first-order valence-corrected chi connectivity index (χ1v) is 10.0. The number of aryl methyl sites for hydroxylation is 1. The van der Waals surface area contributed by atoms with Crippen LogP contribution in [-0.4, -0.2) is 17.0 Å². The summed E-state index contributed by atoms with van der Waals surface area (Å²) in [6, 6.07) is 11.3. The number of rotatable bonds is 6. The first-order valence-electron chi connectivity index (χ1n) is 7.47. The molecule has 0 aliphatic rings. The summed E-state index contributed by atoms with van der Waals surface area (Å²) in [6.45, 7) is 0. The molecule has 0 spiro atoms. The molecule has 7 heteroatoms. The molecule has 2 aromatic heterocycles. The lowest BCUT2D eigenvalue weighted by Gasteiger charge is -2.06. The van der Waals surface area contributed by atoms with Crippen molar-refractivity contribution in [3.05, 3.63) is 62.1 Å². The number of benzene rings is 1. The lowest BCUT2D eigenvalue weighted by molar-refractivity contribution is -0.116. The Labute approximate surface area is 161 Å². The largest absolute Gasteiger partial charge is 0.478 e. The third-order valence-corrected chi connectivity index (χ3v) is 5.95. The molecule has 1 amide bonds. The molecule has 3 rings (SSSR count). The topological polar surface area (TPSA) is 66.4 Å². The molecule has 4 nitrogen and oxygen atoms in total. The maximum absolute atomic E-state index is 12.2. The molecule has 2 heterocycles. The molecule has 0 aliphatic carbocycles. The predicted molar refractivity (Wildman–Crippen MR) is 106 cm³/mol. The zero-order chi connectivity index (χ0) is 17.8. The van der Waals surface area contributed by atoms with E-state index in [1.54, 1.807) is 16.7 Å². The number of carboxylic acid groups (broad SMARTS) is 1. The summed E-state index contributed by atoms with van der Waals surface area (Å²) in [4.78, 5) is 25.0. The number of halogens is 1. The highest BCUT2D eigenvalue weighted by molar-refractivity contribution is 9.10. The summed E-state index contributed by atoms with van der Waals surface area (Å²) in [5, 5.41) is 16.5. The van der Waals surface area contributed by atoms with Gasteiger partial charge in [-0.3, -0.25) is 4.79 Å². The first-order chi connectivity index (χ1) is 12.0. The van der Waals surface area contributed by atoms with Crippen LogP contribution in [0.5, 0.6) is 0 Å². The van der Waals surface area contributed by atoms with Crippen molar-refractivity contribution < 1.29 is 14.7 Å². The van der Waals surface area contributed by atoms with Gasteiger partial charge in [-0.2, -0.15) is 0 Å². The summed E-state index contributed by atoms with van der Waals surface area (Å²) >= 11 is 6.21. The number of nitrogens with one attached hydrogen (secondary N) is 1. The summed E-state index contributed by atoms with van der Waals surface area (Å²) < 4.78 is 0.922. The number of thiophene rings is 2. The molecule has 2 N–H and O–H groups in total. The number of hydrogen-bond donors (Lipinski definition) is 2.